The number of benzene rings is 1. The molecule has 0 unspecified atom stereocenters. The van der Waals surface area contributed by atoms with Crippen molar-refractivity contribution in [2.75, 3.05) is 33.2 Å². The predicted octanol–water partition coefficient (Wildman–Crippen LogP) is 0.147. The largest absolute Gasteiger partial charge is 0.465 e. The number of ether oxygens (including phenoxy) is 3. The molecule has 2 amide bonds. The summed E-state index contributed by atoms with van der Waals surface area (Å²) < 4.78 is 14.4. The highest BCUT2D eigenvalue weighted by molar-refractivity contribution is 6.40. The number of para-hydroxylation sites is 1. The Hall–Kier alpha value is -2.45. The van der Waals surface area contributed by atoms with Gasteiger partial charge in [0.15, 0.2) is 6.29 Å². The first-order chi connectivity index (χ1) is 10.5. The van der Waals surface area contributed by atoms with Crippen LogP contribution in [0.1, 0.15) is 10.4 Å². The predicted molar refractivity (Wildman–Crippen MR) is 77.2 cm³/mol. The average molecular weight is 310 g/mol. The Bertz CT molecular complexity index is 542. The van der Waals surface area contributed by atoms with Crippen molar-refractivity contribution in [3.8, 4) is 0 Å². The van der Waals surface area contributed by atoms with Crippen molar-refractivity contribution in [1.82, 2.24) is 5.32 Å². The summed E-state index contributed by atoms with van der Waals surface area (Å²) in [6.07, 6.45) is -0.654. The van der Waals surface area contributed by atoms with Crippen LogP contribution >= 0.6 is 0 Å². The number of methoxy groups -OCH3 is 3. The zero-order valence-electron chi connectivity index (χ0n) is 12.5. The van der Waals surface area contributed by atoms with Crippen molar-refractivity contribution in [3.05, 3.63) is 29.8 Å². The van der Waals surface area contributed by atoms with E-state index < -0.39 is 24.1 Å². The third kappa shape index (κ3) is 4.83. The maximum atomic E-state index is 11.8. The quantitative estimate of drug-likeness (QED) is 0.440. The third-order valence-corrected chi connectivity index (χ3v) is 2.74. The first-order valence-corrected chi connectivity index (χ1v) is 6.35. The van der Waals surface area contributed by atoms with Gasteiger partial charge in [0.2, 0.25) is 0 Å². The number of rotatable bonds is 6. The molecule has 0 aliphatic carbocycles. The zero-order valence-corrected chi connectivity index (χ0v) is 12.5. The van der Waals surface area contributed by atoms with Crippen LogP contribution in [0.3, 0.4) is 0 Å². The van der Waals surface area contributed by atoms with Crippen molar-refractivity contribution in [2.45, 2.75) is 6.29 Å². The number of nitrogens with one attached hydrogen (secondary N) is 2. The van der Waals surface area contributed by atoms with Gasteiger partial charge in [0.05, 0.1) is 24.9 Å². The molecule has 0 saturated carbocycles. The normalized spacial score (nSPS) is 10.2. The van der Waals surface area contributed by atoms with Crippen molar-refractivity contribution >= 4 is 23.5 Å². The highest BCUT2D eigenvalue weighted by Gasteiger charge is 2.19. The van der Waals surface area contributed by atoms with Crippen LogP contribution in [0.2, 0.25) is 0 Å². The van der Waals surface area contributed by atoms with Gasteiger partial charge in [-0.15, -0.1) is 0 Å². The molecule has 8 heteroatoms. The second kappa shape index (κ2) is 8.75. The van der Waals surface area contributed by atoms with Gasteiger partial charge < -0.3 is 24.8 Å². The molecule has 1 rings (SSSR count). The van der Waals surface area contributed by atoms with Crippen LogP contribution in [0, 0.1) is 0 Å². The summed E-state index contributed by atoms with van der Waals surface area (Å²) in [4.78, 5) is 35.1. The van der Waals surface area contributed by atoms with E-state index in [2.05, 4.69) is 15.4 Å². The lowest BCUT2D eigenvalue weighted by atomic mass is 10.2. The Kier molecular flexibility index (Phi) is 7.00. The fourth-order valence-electron chi connectivity index (χ4n) is 1.58. The van der Waals surface area contributed by atoms with Crippen molar-refractivity contribution in [2.24, 2.45) is 0 Å². The van der Waals surface area contributed by atoms with Crippen LogP contribution in [0.4, 0.5) is 5.69 Å². The van der Waals surface area contributed by atoms with E-state index in [4.69, 9.17) is 9.47 Å². The monoisotopic (exact) mass is 310 g/mol. The van der Waals surface area contributed by atoms with Gasteiger partial charge in [-0.3, -0.25) is 9.59 Å². The standard InChI is InChI=1S/C14H18N2O6/c1-20-11(21-2)8-15-12(17)13(18)16-10-7-5-4-6-9(10)14(19)22-3/h4-7,11H,8H2,1-3H3,(H,15,17)(H,16,18). The number of hydrogen-bond acceptors (Lipinski definition) is 6. The maximum absolute atomic E-state index is 11.8. The molecule has 1 aromatic carbocycles. The Balaban J connectivity index is 2.69. The lowest BCUT2D eigenvalue weighted by Gasteiger charge is -2.14. The number of amides is 2. The van der Waals surface area contributed by atoms with E-state index in [1.165, 1.54) is 33.5 Å². The molecule has 0 spiro atoms. The summed E-state index contributed by atoms with van der Waals surface area (Å²) in [6.45, 7) is 0.0118. The Morgan fingerprint density at radius 1 is 1.05 bits per heavy atom. The summed E-state index contributed by atoms with van der Waals surface area (Å²) in [7, 11) is 4.04. The van der Waals surface area contributed by atoms with Crippen LogP contribution in [0.5, 0.6) is 0 Å². The summed E-state index contributed by atoms with van der Waals surface area (Å²) >= 11 is 0. The Morgan fingerprint density at radius 3 is 2.27 bits per heavy atom. The van der Waals surface area contributed by atoms with Gasteiger partial charge in [-0.25, -0.2) is 4.79 Å². The molecule has 120 valence electrons. The van der Waals surface area contributed by atoms with E-state index in [0.29, 0.717) is 0 Å². The van der Waals surface area contributed by atoms with Gasteiger partial charge in [-0.05, 0) is 12.1 Å². The van der Waals surface area contributed by atoms with Gasteiger partial charge in [-0.2, -0.15) is 0 Å². The van der Waals surface area contributed by atoms with E-state index in [9.17, 15) is 14.4 Å². The molecule has 8 nitrogen and oxygen atoms in total. The number of esters is 1. The van der Waals surface area contributed by atoms with Gasteiger partial charge in [0.1, 0.15) is 0 Å². The molecule has 0 radical (unpaired) electrons. The first-order valence-electron chi connectivity index (χ1n) is 6.35. The average Bonchev–Trinajstić information content (AvgIpc) is 2.55. The second-order valence-electron chi connectivity index (χ2n) is 4.10. The van der Waals surface area contributed by atoms with Gasteiger partial charge in [-0.1, -0.05) is 12.1 Å². The first kappa shape index (κ1) is 17.6. The van der Waals surface area contributed by atoms with E-state index in [-0.39, 0.29) is 17.8 Å². The number of carbonyl (C=O) groups is 3. The smallest absolute Gasteiger partial charge is 0.339 e. The van der Waals surface area contributed by atoms with Gasteiger partial charge >= 0.3 is 17.8 Å². The minimum atomic E-state index is -0.915. The molecule has 0 atom stereocenters. The SMILES string of the molecule is COC(=O)c1ccccc1NC(=O)C(=O)NCC(OC)OC. The minimum Gasteiger partial charge on any atom is -0.465 e. The Labute approximate surface area is 127 Å². The number of carbonyl (C=O) groups excluding carboxylic acids is 3. The minimum absolute atomic E-state index is 0.0118. The van der Waals surface area contributed by atoms with Gasteiger partial charge in [0, 0.05) is 14.2 Å². The molecule has 0 bridgehead atoms. The van der Waals surface area contributed by atoms with E-state index in [0.717, 1.165) is 0 Å². The fraction of sp³-hybridized carbons (Fsp3) is 0.357. The molecule has 0 saturated heterocycles. The lowest BCUT2D eigenvalue weighted by Crippen LogP contribution is -2.40. The molecule has 0 aliphatic rings. The molecule has 22 heavy (non-hydrogen) atoms. The molecule has 0 fully saturated rings. The molecular formula is C14H18N2O6. The molecule has 2 N–H and O–H groups in total. The van der Waals surface area contributed by atoms with Crippen LogP contribution in [-0.2, 0) is 23.8 Å². The van der Waals surface area contributed by atoms with Crippen LogP contribution in [-0.4, -0.2) is 51.9 Å². The van der Waals surface area contributed by atoms with Crippen LogP contribution in [0.25, 0.3) is 0 Å². The maximum Gasteiger partial charge on any atom is 0.339 e. The second-order valence-corrected chi connectivity index (χ2v) is 4.10. The molecule has 0 heterocycles. The summed E-state index contributed by atoms with van der Waals surface area (Å²) in [5, 5.41) is 4.70. The number of hydrogen-bond donors (Lipinski definition) is 2. The fourth-order valence-corrected chi connectivity index (χ4v) is 1.58. The highest BCUT2D eigenvalue weighted by atomic mass is 16.7. The van der Waals surface area contributed by atoms with E-state index >= 15 is 0 Å². The lowest BCUT2D eigenvalue weighted by molar-refractivity contribution is -0.139. The summed E-state index contributed by atoms with van der Waals surface area (Å²) in [5.41, 5.74) is 0.336. The van der Waals surface area contributed by atoms with Crippen molar-refractivity contribution < 1.29 is 28.6 Å². The summed E-state index contributed by atoms with van der Waals surface area (Å²) in [5.74, 6) is -2.41. The number of anilines is 1. The molecule has 1 aromatic rings. The third-order valence-electron chi connectivity index (χ3n) is 2.74. The zero-order chi connectivity index (χ0) is 16.5. The van der Waals surface area contributed by atoms with Crippen molar-refractivity contribution in [1.29, 1.82) is 0 Å². The molecular weight excluding hydrogens is 292 g/mol. The molecule has 0 aliphatic heterocycles. The van der Waals surface area contributed by atoms with Gasteiger partial charge in [0.25, 0.3) is 0 Å². The van der Waals surface area contributed by atoms with Crippen LogP contribution in [0.15, 0.2) is 24.3 Å². The van der Waals surface area contributed by atoms with Crippen LogP contribution < -0.4 is 10.6 Å². The topological polar surface area (TPSA) is 103 Å². The highest BCUT2D eigenvalue weighted by Crippen LogP contribution is 2.15. The molecule has 0 aromatic heterocycles. The van der Waals surface area contributed by atoms with E-state index in [1.807, 2.05) is 0 Å². The van der Waals surface area contributed by atoms with Crippen molar-refractivity contribution in [3.63, 3.8) is 0 Å². The summed E-state index contributed by atoms with van der Waals surface area (Å²) in [6, 6.07) is 6.20. The Morgan fingerprint density at radius 2 is 1.68 bits per heavy atom. The van der Waals surface area contributed by atoms with E-state index in [1.54, 1.807) is 12.1 Å².